The number of amidine groups is 1. The van der Waals surface area contributed by atoms with Crippen LogP contribution in [0, 0.1) is 36.7 Å². The van der Waals surface area contributed by atoms with Crippen LogP contribution in [-0.2, 0) is 23.6 Å². The molecule has 3 aromatic carbocycles. The molecule has 4 atom stereocenters. The molecular weight excluding hydrogens is 608 g/mol. The van der Waals surface area contributed by atoms with E-state index >= 15 is 0 Å². The van der Waals surface area contributed by atoms with Gasteiger partial charge in [-0.25, -0.2) is 13.2 Å². The standard InChI is InChI=1S/C16H19FS.C14H9F2N2.CH3.2ClH.Ti/c1-9-8-14-10(2)11(3)18-16(14)15(9)12-4-6-13(17)7-5-12;15-11-6-3-7-12(16)13(11)18-8-9-4-1-2-5-10(9)14(18)17;;;;/h4-7,9,14-16H,8H2,1-3H3;1-7H,8H2;1H3;2*1H;/q;2*-1;;;+2/p-2. The van der Waals surface area contributed by atoms with Gasteiger partial charge in [-0.15, -0.1) is 11.8 Å². The molecule has 1 aliphatic carbocycles. The third-order valence-electron chi connectivity index (χ3n) is 7.72. The van der Waals surface area contributed by atoms with E-state index in [0.29, 0.717) is 22.6 Å². The van der Waals surface area contributed by atoms with Gasteiger partial charge in [0, 0.05) is 10.9 Å². The van der Waals surface area contributed by atoms with Crippen molar-refractivity contribution in [3.63, 3.8) is 0 Å². The number of fused-ring (bicyclic) bond motifs is 2. The van der Waals surface area contributed by atoms with Crippen molar-refractivity contribution < 1.29 is 30.2 Å². The Morgan fingerprint density at radius 3 is 2.12 bits per heavy atom. The van der Waals surface area contributed by atoms with Crippen LogP contribution in [0.1, 0.15) is 49.8 Å². The predicted molar refractivity (Wildman–Crippen MR) is 161 cm³/mol. The van der Waals surface area contributed by atoms with Gasteiger partial charge in [-0.05, 0) is 90.4 Å². The third kappa shape index (κ3) is 6.85. The number of hydrogen-bond donors (Lipinski definition) is 0. The summed E-state index contributed by atoms with van der Waals surface area (Å²) in [5, 5.41) is 10.7. The van der Waals surface area contributed by atoms with Crippen LogP contribution < -0.4 is 4.90 Å². The molecule has 4 unspecified atom stereocenters. The summed E-state index contributed by atoms with van der Waals surface area (Å²) in [7, 11) is 9.78. The number of allylic oxidation sites excluding steroid dienone is 2. The van der Waals surface area contributed by atoms with Gasteiger partial charge in [0.25, 0.3) is 0 Å². The fourth-order valence-corrected chi connectivity index (χ4v) is 7.59. The first kappa shape index (κ1) is 32.8. The summed E-state index contributed by atoms with van der Waals surface area (Å²) in [4.78, 5) is 2.75. The molecule has 0 radical (unpaired) electrons. The maximum atomic E-state index is 13.7. The van der Waals surface area contributed by atoms with E-state index < -0.39 is 28.7 Å². The van der Waals surface area contributed by atoms with E-state index in [4.69, 9.17) is 18.6 Å². The zero-order valence-electron chi connectivity index (χ0n) is 22.8. The maximum Gasteiger partial charge on any atom is 0.129 e. The van der Waals surface area contributed by atoms with Crippen molar-refractivity contribution in [3.05, 3.63) is 124 Å². The summed E-state index contributed by atoms with van der Waals surface area (Å²) in [5.74, 6) is 0.387. The topological polar surface area (TPSA) is 25.5 Å². The van der Waals surface area contributed by atoms with Crippen LogP contribution in [0.5, 0.6) is 0 Å². The smallest absolute Gasteiger partial charge is 0.129 e. The first-order valence-electron chi connectivity index (χ1n) is 12.6. The summed E-state index contributed by atoms with van der Waals surface area (Å²) in [6.45, 7) is 7.13. The van der Waals surface area contributed by atoms with Crippen LogP contribution in [-0.4, -0.2) is 11.1 Å². The van der Waals surface area contributed by atoms with Crippen molar-refractivity contribution in [1.29, 1.82) is 0 Å². The van der Waals surface area contributed by atoms with Crippen molar-refractivity contribution in [2.24, 2.45) is 11.8 Å². The fourth-order valence-electron chi connectivity index (χ4n) is 5.79. The largest absolute Gasteiger partial charge is 0.464 e. The normalized spacial score (nSPS) is 22.4. The van der Waals surface area contributed by atoms with Gasteiger partial charge >= 0.3 is 35.6 Å². The van der Waals surface area contributed by atoms with Crippen molar-refractivity contribution in [3.8, 4) is 0 Å². The Morgan fingerprint density at radius 2 is 1.52 bits per heavy atom. The number of anilines is 1. The number of para-hydroxylation sites is 1. The van der Waals surface area contributed by atoms with Gasteiger partial charge in [0.1, 0.15) is 17.5 Å². The molecule has 40 heavy (non-hydrogen) atoms. The maximum absolute atomic E-state index is 13.7. The van der Waals surface area contributed by atoms with Gasteiger partial charge in [-0.1, -0.05) is 60.8 Å². The molecule has 212 valence electrons. The fraction of sp³-hybridized carbons (Fsp3) is 0.290. The second-order valence-electron chi connectivity index (χ2n) is 9.93. The first-order chi connectivity index (χ1) is 18.7. The third-order valence-corrected chi connectivity index (χ3v) is 9.29. The molecular formula is C31H31Cl2F3N2STi-2. The molecule has 2 aliphatic heterocycles. The van der Waals surface area contributed by atoms with Crippen LogP contribution >= 0.6 is 30.4 Å². The summed E-state index contributed by atoms with van der Waals surface area (Å²) in [5.41, 5.74) is 4.14. The molecule has 0 bridgehead atoms. The molecule has 1 saturated carbocycles. The van der Waals surface area contributed by atoms with Gasteiger partial charge in [-0.2, -0.15) is 0 Å². The van der Waals surface area contributed by atoms with Crippen molar-refractivity contribution >= 4 is 41.9 Å². The van der Waals surface area contributed by atoms with E-state index in [9.17, 15) is 18.6 Å². The monoisotopic (exact) mass is 638 g/mol. The van der Waals surface area contributed by atoms with Crippen molar-refractivity contribution in [2.75, 3.05) is 4.90 Å². The molecule has 3 aliphatic rings. The molecule has 6 rings (SSSR count). The minimum atomic E-state index is -0.686. The first-order valence-corrected chi connectivity index (χ1v) is 17.8. The van der Waals surface area contributed by atoms with Gasteiger partial charge in [0.15, 0.2) is 0 Å². The van der Waals surface area contributed by atoms with E-state index in [1.807, 2.05) is 36.0 Å². The number of halogens is 5. The quantitative estimate of drug-likeness (QED) is 0.206. The second-order valence-corrected chi connectivity index (χ2v) is 13.9. The zero-order chi connectivity index (χ0) is 28.3. The number of thioether (sulfide) groups is 1. The van der Waals surface area contributed by atoms with E-state index in [-0.39, 0.29) is 31.3 Å². The van der Waals surface area contributed by atoms with Crippen molar-refractivity contribution in [2.45, 2.75) is 44.9 Å². The Balaban J connectivity index is 0.000000197. The van der Waals surface area contributed by atoms with E-state index in [1.165, 1.54) is 40.0 Å². The molecule has 0 N–H and O–H groups in total. The van der Waals surface area contributed by atoms with Gasteiger partial charge in [0.05, 0.1) is 0 Å². The average Bonchev–Trinajstić information content (AvgIpc) is 3.50. The van der Waals surface area contributed by atoms with E-state index in [2.05, 4.69) is 20.8 Å². The summed E-state index contributed by atoms with van der Waals surface area (Å²) in [6.07, 6.45) is 1.28. The van der Waals surface area contributed by atoms with Gasteiger partial charge in [0.2, 0.25) is 0 Å². The van der Waals surface area contributed by atoms with Crippen molar-refractivity contribution in [1.82, 2.24) is 0 Å². The average molecular weight is 639 g/mol. The van der Waals surface area contributed by atoms with Crippen LogP contribution in [0.25, 0.3) is 5.41 Å². The SMILES string of the molecule is CC1=C(C)C2CC(C)C(c3ccc(F)cc3)C2S1.[CH3-].[Cl][Ti][Cl].[N-]=C1c2ccccc2CN1c1c(F)cccc1F. The minimum absolute atomic E-state index is 0. The van der Waals surface area contributed by atoms with Gasteiger partial charge in [-0.3, -0.25) is 0 Å². The van der Waals surface area contributed by atoms with Crippen LogP contribution in [0.2, 0.25) is 0 Å². The Hall–Kier alpha value is -1.70. The minimum Gasteiger partial charge on any atom is -0.464 e. The number of hydrogen-bond acceptors (Lipinski definition) is 1. The zero-order valence-corrected chi connectivity index (χ0v) is 26.7. The van der Waals surface area contributed by atoms with Crippen LogP contribution in [0.15, 0.2) is 77.2 Å². The molecule has 0 spiro atoms. The molecule has 0 saturated heterocycles. The molecule has 1 fully saturated rings. The Labute approximate surface area is 256 Å². The molecule has 0 amide bonds. The van der Waals surface area contributed by atoms with Gasteiger partial charge < -0.3 is 17.7 Å². The molecule has 2 heterocycles. The molecule has 2 nitrogen and oxygen atoms in total. The molecule has 9 heteroatoms. The number of nitrogens with zero attached hydrogens (tertiary/aromatic N) is 2. The summed E-state index contributed by atoms with van der Waals surface area (Å²) in [6, 6.07) is 17.9. The molecule has 0 aromatic heterocycles. The van der Waals surface area contributed by atoms with E-state index in [0.717, 1.165) is 11.5 Å². The van der Waals surface area contributed by atoms with E-state index in [1.54, 1.807) is 29.8 Å². The summed E-state index contributed by atoms with van der Waals surface area (Å²) >= 11 is 1.49. The number of benzene rings is 3. The Bertz CT molecular complexity index is 1350. The Morgan fingerprint density at radius 1 is 0.925 bits per heavy atom. The predicted octanol–water partition coefficient (Wildman–Crippen LogP) is 10.1. The molecule has 3 aromatic rings. The number of rotatable bonds is 2. The van der Waals surface area contributed by atoms with Crippen LogP contribution in [0.3, 0.4) is 0 Å². The summed E-state index contributed by atoms with van der Waals surface area (Å²) < 4.78 is 40.4. The Kier molecular flexibility index (Phi) is 11.9. The van der Waals surface area contributed by atoms with Crippen LogP contribution in [0.4, 0.5) is 18.9 Å². The second kappa shape index (κ2) is 14.5.